The van der Waals surface area contributed by atoms with Crippen molar-refractivity contribution in [2.75, 3.05) is 18.0 Å². The Bertz CT molecular complexity index is 731. The van der Waals surface area contributed by atoms with Crippen LogP contribution in [0.3, 0.4) is 0 Å². The van der Waals surface area contributed by atoms with E-state index in [1.807, 2.05) is 11.8 Å². The minimum Gasteiger partial charge on any atom is -0.337 e. The first-order valence-electron chi connectivity index (χ1n) is 11.1. The molecule has 3 aliphatic heterocycles. The average molecular weight is 402 g/mol. The van der Waals surface area contributed by atoms with E-state index in [1.165, 1.54) is 12.1 Å². The van der Waals surface area contributed by atoms with Crippen LogP contribution in [-0.4, -0.2) is 58.9 Å². The van der Waals surface area contributed by atoms with Gasteiger partial charge in [-0.25, -0.2) is 4.39 Å². The van der Waals surface area contributed by atoms with Gasteiger partial charge in [0.15, 0.2) is 0 Å². The standard InChI is InChI=1S/C23H32FN3O2/c1-3-23(29)27-20-8-9-21(27)15-22(14-20)25-12-10-19(11-13-25)26(16(2)28)18-6-4-17(24)5-7-18/h4-7,19-22H,3,8-15H2,1-2H3. The Balaban J connectivity index is 1.38. The summed E-state index contributed by atoms with van der Waals surface area (Å²) in [5, 5.41) is 0. The van der Waals surface area contributed by atoms with Crippen molar-refractivity contribution in [1.29, 1.82) is 0 Å². The molecule has 3 aliphatic rings. The van der Waals surface area contributed by atoms with Gasteiger partial charge in [0, 0.05) is 56.3 Å². The van der Waals surface area contributed by atoms with Crippen molar-refractivity contribution >= 4 is 17.5 Å². The quantitative estimate of drug-likeness (QED) is 0.775. The Kier molecular flexibility index (Phi) is 5.91. The third-order valence-electron chi connectivity index (χ3n) is 7.12. The van der Waals surface area contributed by atoms with Crippen LogP contribution in [0.25, 0.3) is 0 Å². The maximum absolute atomic E-state index is 13.3. The van der Waals surface area contributed by atoms with Crippen molar-refractivity contribution in [2.45, 2.75) is 83.0 Å². The van der Waals surface area contributed by atoms with Gasteiger partial charge in [-0.15, -0.1) is 0 Å². The molecule has 0 N–H and O–H groups in total. The van der Waals surface area contributed by atoms with Gasteiger partial charge in [0.25, 0.3) is 0 Å². The molecule has 0 aliphatic carbocycles. The predicted octanol–water partition coefficient (Wildman–Crippen LogP) is 3.58. The lowest BCUT2D eigenvalue weighted by atomic mass is 9.92. The molecule has 4 rings (SSSR count). The summed E-state index contributed by atoms with van der Waals surface area (Å²) in [7, 11) is 0. The predicted molar refractivity (Wildman–Crippen MR) is 111 cm³/mol. The van der Waals surface area contributed by atoms with Gasteiger partial charge in [-0.1, -0.05) is 6.92 Å². The minimum absolute atomic E-state index is 0.0134. The number of amides is 2. The van der Waals surface area contributed by atoms with Crippen molar-refractivity contribution in [3.8, 4) is 0 Å². The first-order chi connectivity index (χ1) is 14.0. The molecular weight excluding hydrogens is 369 g/mol. The number of nitrogens with zero attached hydrogens (tertiary/aromatic N) is 3. The maximum atomic E-state index is 13.3. The van der Waals surface area contributed by atoms with Crippen LogP contribution in [0.5, 0.6) is 0 Å². The van der Waals surface area contributed by atoms with Crippen molar-refractivity contribution < 1.29 is 14.0 Å². The zero-order chi connectivity index (χ0) is 20.5. The van der Waals surface area contributed by atoms with Crippen LogP contribution in [-0.2, 0) is 9.59 Å². The number of halogens is 1. The molecule has 3 heterocycles. The number of fused-ring (bicyclic) bond motifs is 2. The van der Waals surface area contributed by atoms with Gasteiger partial charge in [0.1, 0.15) is 5.82 Å². The Morgan fingerprint density at radius 2 is 1.59 bits per heavy atom. The van der Waals surface area contributed by atoms with Gasteiger partial charge in [-0.05, 0) is 62.8 Å². The Labute approximate surface area is 172 Å². The fourth-order valence-electron chi connectivity index (χ4n) is 5.80. The highest BCUT2D eigenvalue weighted by molar-refractivity contribution is 5.92. The van der Waals surface area contributed by atoms with E-state index in [2.05, 4.69) is 9.80 Å². The van der Waals surface area contributed by atoms with Gasteiger partial charge in [-0.3, -0.25) is 9.59 Å². The van der Waals surface area contributed by atoms with Gasteiger partial charge in [0.05, 0.1) is 0 Å². The van der Waals surface area contributed by atoms with Crippen LogP contribution in [0.15, 0.2) is 24.3 Å². The van der Waals surface area contributed by atoms with Crippen LogP contribution in [0.1, 0.15) is 58.8 Å². The largest absolute Gasteiger partial charge is 0.337 e. The third kappa shape index (κ3) is 4.04. The lowest BCUT2D eigenvalue weighted by Crippen LogP contribution is -2.55. The zero-order valence-corrected chi connectivity index (χ0v) is 17.5. The monoisotopic (exact) mass is 401 g/mol. The van der Waals surface area contributed by atoms with E-state index < -0.39 is 0 Å². The molecule has 3 saturated heterocycles. The van der Waals surface area contributed by atoms with Crippen LogP contribution >= 0.6 is 0 Å². The zero-order valence-electron chi connectivity index (χ0n) is 17.5. The van der Waals surface area contributed by atoms with E-state index in [1.54, 1.807) is 19.1 Å². The summed E-state index contributed by atoms with van der Waals surface area (Å²) in [6.45, 7) is 5.50. The number of piperidine rings is 2. The van der Waals surface area contributed by atoms with Crippen molar-refractivity contribution in [2.24, 2.45) is 0 Å². The van der Waals surface area contributed by atoms with Gasteiger partial charge >= 0.3 is 0 Å². The molecule has 6 heteroatoms. The molecule has 0 radical (unpaired) electrons. The number of hydrogen-bond donors (Lipinski definition) is 0. The highest BCUT2D eigenvalue weighted by Crippen LogP contribution is 2.39. The Morgan fingerprint density at radius 3 is 2.10 bits per heavy atom. The lowest BCUT2D eigenvalue weighted by molar-refractivity contribution is -0.136. The van der Waals surface area contributed by atoms with Crippen LogP contribution in [0.4, 0.5) is 10.1 Å². The Hall–Kier alpha value is -1.95. The molecule has 2 amide bonds. The van der Waals surface area contributed by atoms with E-state index in [0.29, 0.717) is 30.5 Å². The van der Waals surface area contributed by atoms with Crippen LogP contribution in [0, 0.1) is 5.82 Å². The molecule has 1 aromatic rings. The summed E-state index contributed by atoms with van der Waals surface area (Å²) >= 11 is 0. The first-order valence-corrected chi connectivity index (χ1v) is 11.1. The summed E-state index contributed by atoms with van der Waals surface area (Å²) in [6, 6.07) is 7.76. The molecule has 29 heavy (non-hydrogen) atoms. The lowest BCUT2D eigenvalue weighted by Gasteiger charge is -2.46. The fraction of sp³-hybridized carbons (Fsp3) is 0.652. The third-order valence-corrected chi connectivity index (χ3v) is 7.12. The first kappa shape index (κ1) is 20.3. The van der Waals surface area contributed by atoms with E-state index >= 15 is 0 Å². The van der Waals surface area contributed by atoms with E-state index in [-0.39, 0.29) is 17.8 Å². The SMILES string of the molecule is CCC(=O)N1C2CCC1CC(N1CCC(N(C(C)=O)c3ccc(F)cc3)CC1)C2. The number of carbonyl (C=O) groups excluding carboxylic acids is 2. The number of carbonyl (C=O) groups is 2. The minimum atomic E-state index is -0.283. The molecule has 158 valence electrons. The second-order valence-corrected chi connectivity index (χ2v) is 8.80. The molecule has 2 unspecified atom stereocenters. The molecule has 5 nitrogen and oxygen atoms in total. The number of anilines is 1. The van der Waals surface area contributed by atoms with Gasteiger partial charge in [-0.2, -0.15) is 0 Å². The molecule has 0 aromatic heterocycles. The second-order valence-electron chi connectivity index (χ2n) is 8.80. The fourth-order valence-corrected chi connectivity index (χ4v) is 5.80. The van der Waals surface area contributed by atoms with E-state index in [0.717, 1.165) is 57.3 Å². The van der Waals surface area contributed by atoms with Gasteiger partial charge < -0.3 is 14.7 Å². The molecule has 1 aromatic carbocycles. The summed E-state index contributed by atoms with van der Waals surface area (Å²) in [6.07, 6.45) is 6.93. The number of rotatable bonds is 4. The normalized spacial score (nSPS) is 27.8. The van der Waals surface area contributed by atoms with Crippen LogP contribution < -0.4 is 4.90 Å². The molecule has 3 fully saturated rings. The second kappa shape index (κ2) is 8.42. The van der Waals surface area contributed by atoms with Crippen molar-refractivity contribution in [3.05, 3.63) is 30.1 Å². The Morgan fingerprint density at radius 1 is 1.00 bits per heavy atom. The highest BCUT2D eigenvalue weighted by Gasteiger charge is 2.44. The van der Waals surface area contributed by atoms with Crippen molar-refractivity contribution in [1.82, 2.24) is 9.80 Å². The van der Waals surface area contributed by atoms with E-state index in [4.69, 9.17) is 0 Å². The molecular formula is C23H32FN3O2. The topological polar surface area (TPSA) is 43.9 Å². The number of hydrogen-bond acceptors (Lipinski definition) is 3. The molecule has 0 spiro atoms. The summed E-state index contributed by atoms with van der Waals surface area (Å²) < 4.78 is 13.3. The summed E-state index contributed by atoms with van der Waals surface area (Å²) in [5.74, 6) is 0.0418. The summed E-state index contributed by atoms with van der Waals surface area (Å²) in [5.41, 5.74) is 0.779. The van der Waals surface area contributed by atoms with Crippen LogP contribution in [0.2, 0.25) is 0 Å². The number of benzene rings is 1. The van der Waals surface area contributed by atoms with E-state index in [9.17, 15) is 14.0 Å². The molecule has 2 atom stereocenters. The van der Waals surface area contributed by atoms with Gasteiger partial charge in [0.2, 0.25) is 11.8 Å². The maximum Gasteiger partial charge on any atom is 0.224 e. The summed E-state index contributed by atoms with van der Waals surface area (Å²) in [4.78, 5) is 31.2. The molecule has 0 saturated carbocycles. The van der Waals surface area contributed by atoms with Crippen molar-refractivity contribution in [3.63, 3.8) is 0 Å². The smallest absolute Gasteiger partial charge is 0.224 e. The average Bonchev–Trinajstić information content (AvgIpc) is 2.98. The molecule has 2 bridgehead atoms. The number of likely N-dealkylation sites (tertiary alicyclic amines) is 1. The highest BCUT2D eigenvalue weighted by atomic mass is 19.1.